The van der Waals surface area contributed by atoms with Crippen molar-refractivity contribution < 1.29 is 4.92 Å². The van der Waals surface area contributed by atoms with Gasteiger partial charge >= 0.3 is 5.82 Å². The van der Waals surface area contributed by atoms with Gasteiger partial charge in [-0.3, -0.25) is 0 Å². The summed E-state index contributed by atoms with van der Waals surface area (Å²) >= 11 is 0. The molecule has 2 rings (SSSR count). The molecule has 0 bridgehead atoms. The van der Waals surface area contributed by atoms with E-state index < -0.39 is 4.92 Å². The fourth-order valence-electron chi connectivity index (χ4n) is 1.39. The molecule has 7 heteroatoms. The number of nitrogens with zero attached hydrogens (tertiary/aromatic N) is 4. The Hall–Kier alpha value is -1.50. The topological polar surface area (TPSA) is 85.9 Å². The van der Waals surface area contributed by atoms with E-state index in [1.165, 1.54) is 6.20 Å². The number of nitrogens with one attached hydrogen (secondary N) is 1. The average molecular weight is 183 g/mol. The highest BCUT2D eigenvalue weighted by atomic mass is 16.6. The summed E-state index contributed by atoms with van der Waals surface area (Å²) in [7, 11) is 0. The van der Waals surface area contributed by atoms with E-state index in [1.54, 1.807) is 4.68 Å². The van der Waals surface area contributed by atoms with Gasteiger partial charge in [-0.15, -0.1) is 0 Å². The van der Waals surface area contributed by atoms with Crippen molar-refractivity contribution in [3.05, 3.63) is 16.3 Å². The highest BCUT2D eigenvalue weighted by Crippen LogP contribution is 2.15. The van der Waals surface area contributed by atoms with Crippen LogP contribution in [0, 0.1) is 10.1 Å². The zero-order valence-corrected chi connectivity index (χ0v) is 6.88. The summed E-state index contributed by atoms with van der Waals surface area (Å²) in [6.07, 6.45) is 2.32. The van der Waals surface area contributed by atoms with Gasteiger partial charge in [0.15, 0.2) is 0 Å². The highest BCUT2D eigenvalue weighted by molar-refractivity contribution is 5.09. The van der Waals surface area contributed by atoms with Gasteiger partial charge in [0.2, 0.25) is 0 Å². The molecular weight excluding hydrogens is 174 g/mol. The molecule has 70 valence electrons. The molecule has 0 aromatic carbocycles. The SMILES string of the molecule is O=[N+]([O-])c1cn(C2CCNC2)nn1. The fraction of sp³-hybridized carbons (Fsp3) is 0.667. The maximum Gasteiger partial charge on any atom is 0.410 e. The smallest absolute Gasteiger partial charge is 0.358 e. The monoisotopic (exact) mass is 183 g/mol. The zero-order valence-electron chi connectivity index (χ0n) is 6.88. The number of rotatable bonds is 2. The maximum atomic E-state index is 10.3. The van der Waals surface area contributed by atoms with Crippen molar-refractivity contribution in [2.45, 2.75) is 12.5 Å². The Morgan fingerprint density at radius 2 is 2.62 bits per heavy atom. The van der Waals surface area contributed by atoms with E-state index >= 15 is 0 Å². The zero-order chi connectivity index (χ0) is 9.26. The Morgan fingerprint density at radius 3 is 3.15 bits per heavy atom. The summed E-state index contributed by atoms with van der Waals surface area (Å²) in [4.78, 5) is 9.77. The molecule has 0 spiro atoms. The van der Waals surface area contributed by atoms with Crippen LogP contribution in [0.4, 0.5) is 5.82 Å². The Kier molecular flexibility index (Phi) is 1.93. The third-order valence-corrected chi connectivity index (χ3v) is 2.09. The van der Waals surface area contributed by atoms with E-state index in [0.29, 0.717) is 0 Å². The molecule has 0 aliphatic carbocycles. The first-order valence-electron chi connectivity index (χ1n) is 4.04. The summed E-state index contributed by atoms with van der Waals surface area (Å²) in [6, 6.07) is 0.209. The predicted molar refractivity (Wildman–Crippen MR) is 43.2 cm³/mol. The first kappa shape index (κ1) is 8.11. The van der Waals surface area contributed by atoms with Crippen LogP contribution in [-0.4, -0.2) is 33.0 Å². The normalized spacial score (nSPS) is 22.0. The molecule has 1 saturated heterocycles. The van der Waals surface area contributed by atoms with Crippen molar-refractivity contribution in [1.29, 1.82) is 0 Å². The van der Waals surface area contributed by atoms with E-state index in [-0.39, 0.29) is 11.9 Å². The summed E-state index contributed by atoms with van der Waals surface area (Å²) in [5.74, 6) is -0.188. The molecule has 0 saturated carbocycles. The minimum atomic E-state index is -0.536. The lowest BCUT2D eigenvalue weighted by atomic mass is 10.3. The lowest BCUT2D eigenvalue weighted by molar-refractivity contribution is -0.389. The van der Waals surface area contributed by atoms with Gasteiger partial charge in [0.25, 0.3) is 0 Å². The highest BCUT2D eigenvalue weighted by Gasteiger charge is 2.21. The van der Waals surface area contributed by atoms with Gasteiger partial charge in [0.05, 0.1) is 11.3 Å². The Bertz CT molecular complexity index is 317. The second kappa shape index (κ2) is 3.09. The number of hydrogen-bond acceptors (Lipinski definition) is 5. The standard InChI is InChI=1S/C6H9N5O2/c12-11(13)6-4-10(9-8-6)5-1-2-7-3-5/h4-5,7H,1-3H2. The molecule has 1 N–H and O–H groups in total. The first-order valence-corrected chi connectivity index (χ1v) is 4.04. The minimum Gasteiger partial charge on any atom is -0.358 e. The van der Waals surface area contributed by atoms with Gasteiger partial charge in [-0.25, -0.2) is 4.68 Å². The Balaban J connectivity index is 2.16. The summed E-state index contributed by atoms with van der Waals surface area (Å²) in [6.45, 7) is 1.73. The van der Waals surface area contributed by atoms with Crippen LogP contribution in [0.15, 0.2) is 6.20 Å². The van der Waals surface area contributed by atoms with E-state index in [2.05, 4.69) is 15.6 Å². The molecule has 1 atom stereocenters. The second-order valence-electron chi connectivity index (χ2n) is 2.96. The third kappa shape index (κ3) is 1.50. The van der Waals surface area contributed by atoms with Crippen molar-refractivity contribution in [2.75, 3.05) is 13.1 Å². The molecule has 2 heterocycles. The largest absolute Gasteiger partial charge is 0.410 e. The van der Waals surface area contributed by atoms with Crippen molar-refractivity contribution >= 4 is 5.82 Å². The average Bonchev–Trinajstić information content (AvgIpc) is 2.75. The van der Waals surface area contributed by atoms with Crippen molar-refractivity contribution in [3.8, 4) is 0 Å². The van der Waals surface area contributed by atoms with Crippen molar-refractivity contribution in [2.24, 2.45) is 0 Å². The molecule has 7 nitrogen and oxygen atoms in total. The Morgan fingerprint density at radius 1 is 1.77 bits per heavy atom. The van der Waals surface area contributed by atoms with Gasteiger partial charge in [0.1, 0.15) is 11.3 Å². The molecule has 13 heavy (non-hydrogen) atoms. The summed E-state index contributed by atoms with van der Waals surface area (Å²) in [5, 5.41) is 20.6. The van der Waals surface area contributed by atoms with E-state index in [4.69, 9.17) is 0 Å². The van der Waals surface area contributed by atoms with Crippen LogP contribution in [0.1, 0.15) is 12.5 Å². The van der Waals surface area contributed by atoms with Crippen molar-refractivity contribution in [1.82, 2.24) is 20.3 Å². The first-order chi connectivity index (χ1) is 6.27. The third-order valence-electron chi connectivity index (χ3n) is 2.09. The predicted octanol–water partition coefficient (Wildman–Crippen LogP) is -0.279. The Labute approximate surface area is 73.9 Å². The van der Waals surface area contributed by atoms with Crippen molar-refractivity contribution in [3.63, 3.8) is 0 Å². The number of aromatic nitrogens is 3. The summed E-state index contributed by atoms with van der Waals surface area (Å²) in [5.41, 5.74) is 0. The fourth-order valence-corrected chi connectivity index (χ4v) is 1.39. The van der Waals surface area contributed by atoms with E-state index in [1.807, 2.05) is 0 Å². The van der Waals surface area contributed by atoms with Gasteiger partial charge in [0, 0.05) is 6.54 Å². The van der Waals surface area contributed by atoms with Crippen LogP contribution in [0.2, 0.25) is 0 Å². The maximum absolute atomic E-state index is 10.3. The molecule has 1 aliphatic rings. The van der Waals surface area contributed by atoms with Crippen LogP contribution in [0.3, 0.4) is 0 Å². The quantitative estimate of drug-likeness (QED) is 0.503. The number of hydrogen-bond donors (Lipinski definition) is 1. The lowest BCUT2D eigenvalue weighted by Gasteiger charge is -2.03. The van der Waals surface area contributed by atoms with Gasteiger partial charge in [-0.05, 0) is 17.9 Å². The molecule has 1 unspecified atom stereocenters. The lowest BCUT2D eigenvalue weighted by Crippen LogP contribution is -2.13. The van der Waals surface area contributed by atoms with E-state index in [0.717, 1.165) is 19.5 Å². The second-order valence-corrected chi connectivity index (χ2v) is 2.96. The van der Waals surface area contributed by atoms with Gasteiger partial charge in [-0.2, -0.15) is 0 Å². The van der Waals surface area contributed by atoms with Crippen LogP contribution < -0.4 is 5.32 Å². The van der Waals surface area contributed by atoms with Gasteiger partial charge in [-0.1, -0.05) is 0 Å². The number of nitro groups is 1. The molecule has 1 aromatic rings. The van der Waals surface area contributed by atoms with E-state index in [9.17, 15) is 10.1 Å². The molecular formula is C6H9N5O2. The molecule has 0 radical (unpaired) electrons. The van der Waals surface area contributed by atoms with Crippen LogP contribution in [0.5, 0.6) is 0 Å². The van der Waals surface area contributed by atoms with Crippen LogP contribution in [-0.2, 0) is 0 Å². The molecule has 1 fully saturated rings. The molecule has 0 amide bonds. The van der Waals surface area contributed by atoms with Crippen LogP contribution in [0.25, 0.3) is 0 Å². The minimum absolute atomic E-state index is 0.188. The van der Waals surface area contributed by atoms with Gasteiger partial charge < -0.3 is 15.4 Å². The summed E-state index contributed by atoms with van der Waals surface area (Å²) < 4.78 is 1.55. The molecule has 1 aromatic heterocycles. The molecule has 1 aliphatic heterocycles. The van der Waals surface area contributed by atoms with Crippen LogP contribution >= 0.6 is 0 Å².